The van der Waals surface area contributed by atoms with Crippen LogP contribution >= 0.6 is 0 Å². The molecule has 4 heterocycles. The number of nitrogens with zero attached hydrogens (tertiary/aromatic N) is 6. The molecule has 2 N–H and O–H groups in total. The fourth-order valence-electron chi connectivity index (χ4n) is 4.37. The number of fused-ring (bicyclic) bond motifs is 2. The number of anilines is 2. The van der Waals surface area contributed by atoms with E-state index in [0.29, 0.717) is 17.0 Å². The zero-order chi connectivity index (χ0) is 23.4. The van der Waals surface area contributed by atoms with Gasteiger partial charge in [-0.2, -0.15) is 9.67 Å². The Hall–Kier alpha value is -3.66. The second-order valence-electron chi connectivity index (χ2n) is 9.37. The lowest BCUT2D eigenvalue weighted by Gasteiger charge is -2.18. The molecule has 0 unspecified atom stereocenters. The number of hydrogen-bond donors (Lipinski definition) is 2. The lowest BCUT2D eigenvalue weighted by molar-refractivity contribution is 0.213. The summed E-state index contributed by atoms with van der Waals surface area (Å²) in [6.07, 6.45) is 5.81. The summed E-state index contributed by atoms with van der Waals surface area (Å²) in [7, 11) is 0. The molecule has 1 saturated carbocycles. The van der Waals surface area contributed by atoms with Crippen LogP contribution in [0.25, 0.3) is 17.0 Å². The Balaban J connectivity index is 1.46. The largest absolute Gasteiger partial charge is 0.324 e. The van der Waals surface area contributed by atoms with Crippen LogP contribution in [-0.4, -0.2) is 35.8 Å². The van der Waals surface area contributed by atoms with E-state index >= 15 is 0 Å². The summed E-state index contributed by atoms with van der Waals surface area (Å²) in [5, 5.41) is 7.02. The quantitative estimate of drug-likeness (QED) is 0.471. The molecule has 9 nitrogen and oxygen atoms in total. The number of rotatable bonds is 5. The molecule has 2 aliphatic rings. The lowest BCUT2D eigenvalue weighted by Crippen LogP contribution is -2.23. The summed E-state index contributed by atoms with van der Waals surface area (Å²) >= 11 is 0. The van der Waals surface area contributed by atoms with Crippen molar-refractivity contribution in [2.45, 2.75) is 51.4 Å². The van der Waals surface area contributed by atoms with Gasteiger partial charge in [-0.3, -0.25) is 4.79 Å². The molecule has 10 heteroatoms. The van der Waals surface area contributed by atoms with Crippen molar-refractivity contribution in [3.8, 4) is 5.95 Å². The maximum Gasteiger partial charge on any atom is 0.278 e. The van der Waals surface area contributed by atoms with Gasteiger partial charge in [0.05, 0.1) is 11.7 Å². The molecule has 1 fully saturated rings. The predicted octanol–water partition coefficient (Wildman–Crippen LogP) is 3.30. The van der Waals surface area contributed by atoms with Gasteiger partial charge in [-0.25, -0.2) is 24.0 Å². The van der Waals surface area contributed by atoms with Crippen LogP contribution in [-0.2, 0) is 18.6 Å². The average Bonchev–Trinajstić information content (AvgIpc) is 3.62. The van der Waals surface area contributed by atoms with E-state index < -0.39 is 5.67 Å². The van der Waals surface area contributed by atoms with Crippen LogP contribution in [0.4, 0.5) is 16.0 Å². The van der Waals surface area contributed by atoms with Gasteiger partial charge >= 0.3 is 0 Å². The minimum absolute atomic E-state index is 0.0388. The molecule has 3 aromatic heterocycles. The minimum atomic E-state index is -1.64. The van der Waals surface area contributed by atoms with Crippen molar-refractivity contribution >= 4 is 22.7 Å². The van der Waals surface area contributed by atoms with Gasteiger partial charge in [-0.1, -0.05) is 6.07 Å². The van der Waals surface area contributed by atoms with Crippen molar-refractivity contribution in [2.75, 3.05) is 11.9 Å². The van der Waals surface area contributed by atoms with Crippen LogP contribution in [0.1, 0.15) is 49.6 Å². The molecule has 0 spiro atoms. The van der Waals surface area contributed by atoms with Gasteiger partial charge in [0.25, 0.3) is 11.5 Å². The summed E-state index contributed by atoms with van der Waals surface area (Å²) < 4.78 is 17.9. The van der Waals surface area contributed by atoms with E-state index in [4.69, 9.17) is 0 Å². The maximum atomic E-state index is 14.6. The Bertz CT molecular complexity index is 1460. The Morgan fingerprint density at radius 1 is 1.15 bits per heavy atom. The first-order valence-electron chi connectivity index (χ1n) is 11.5. The molecular weight excluding hydrogens is 435 g/mol. The van der Waals surface area contributed by atoms with Crippen molar-refractivity contribution in [3.63, 3.8) is 0 Å². The van der Waals surface area contributed by atoms with Crippen molar-refractivity contribution in [1.82, 2.24) is 34.6 Å². The maximum absolute atomic E-state index is 14.6. The molecule has 0 radical (unpaired) electrons. The summed E-state index contributed by atoms with van der Waals surface area (Å²) in [6, 6.07) is 7.80. The number of hydrogen-bond acceptors (Lipinski definition) is 7. The Labute approximate surface area is 195 Å². The van der Waals surface area contributed by atoms with E-state index in [1.807, 2.05) is 6.07 Å². The molecule has 174 valence electrons. The first-order valence-corrected chi connectivity index (χ1v) is 11.5. The molecule has 0 saturated heterocycles. The third kappa shape index (κ3) is 3.63. The predicted molar refractivity (Wildman–Crippen MR) is 126 cm³/mol. The molecular formula is C24H25FN8O. The fraction of sp³-hybridized carbons (Fsp3) is 0.375. The summed E-state index contributed by atoms with van der Waals surface area (Å²) in [6.45, 7) is 4.70. The zero-order valence-corrected chi connectivity index (χ0v) is 19.0. The van der Waals surface area contributed by atoms with Gasteiger partial charge in [0.2, 0.25) is 5.95 Å². The van der Waals surface area contributed by atoms with Crippen molar-refractivity contribution < 1.29 is 4.39 Å². The highest BCUT2D eigenvalue weighted by Gasteiger charge is 2.32. The minimum Gasteiger partial charge on any atom is -0.324 e. The van der Waals surface area contributed by atoms with E-state index in [9.17, 15) is 9.18 Å². The molecule has 0 atom stereocenters. The summed E-state index contributed by atoms with van der Waals surface area (Å²) in [5.41, 5.74) is 2.24. The number of halogens is 1. The van der Waals surface area contributed by atoms with Crippen LogP contribution in [0.15, 0.2) is 41.5 Å². The second-order valence-corrected chi connectivity index (χ2v) is 9.37. The zero-order valence-electron chi connectivity index (χ0n) is 19.0. The monoisotopic (exact) mass is 460 g/mol. The molecule has 1 aromatic carbocycles. The van der Waals surface area contributed by atoms with Gasteiger partial charge in [0.1, 0.15) is 11.1 Å². The number of benzene rings is 1. The lowest BCUT2D eigenvalue weighted by atomic mass is 10.0. The smallest absolute Gasteiger partial charge is 0.278 e. The Kier molecular flexibility index (Phi) is 4.73. The van der Waals surface area contributed by atoms with Crippen LogP contribution in [0, 0.1) is 0 Å². The number of alkyl halides is 1. The van der Waals surface area contributed by atoms with Crippen LogP contribution in [0.5, 0.6) is 0 Å². The fourth-order valence-corrected chi connectivity index (χ4v) is 4.37. The van der Waals surface area contributed by atoms with Crippen LogP contribution in [0.3, 0.4) is 0 Å². The molecule has 1 aliphatic heterocycles. The highest BCUT2D eigenvalue weighted by molar-refractivity contribution is 5.77. The molecule has 0 amide bonds. The van der Waals surface area contributed by atoms with Crippen molar-refractivity contribution in [3.05, 3.63) is 63.8 Å². The number of nitrogens with one attached hydrogen (secondary N) is 2. The van der Waals surface area contributed by atoms with E-state index in [0.717, 1.165) is 38.0 Å². The number of aromatic nitrogens is 6. The molecule has 0 bridgehead atoms. The Morgan fingerprint density at radius 2 is 2.00 bits per heavy atom. The van der Waals surface area contributed by atoms with E-state index in [2.05, 4.69) is 42.7 Å². The van der Waals surface area contributed by atoms with E-state index in [1.54, 1.807) is 15.4 Å². The summed E-state index contributed by atoms with van der Waals surface area (Å²) in [4.78, 5) is 31.1. The van der Waals surface area contributed by atoms with Gasteiger partial charge in [0.15, 0.2) is 5.65 Å². The molecule has 6 rings (SSSR count). The first-order chi connectivity index (χ1) is 16.4. The van der Waals surface area contributed by atoms with Crippen molar-refractivity contribution in [2.24, 2.45) is 0 Å². The first kappa shape index (κ1) is 20.9. The third-order valence-electron chi connectivity index (χ3n) is 6.31. The Morgan fingerprint density at radius 3 is 2.79 bits per heavy atom. The average molecular weight is 461 g/mol. The molecule has 34 heavy (non-hydrogen) atoms. The van der Waals surface area contributed by atoms with Gasteiger partial charge in [-0.05, 0) is 69.0 Å². The van der Waals surface area contributed by atoms with Crippen LogP contribution < -0.4 is 16.2 Å². The van der Waals surface area contributed by atoms with Gasteiger partial charge in [0, 0.05) is 24.6 Å². The van der Waals surface area contributed by atoms with Gasteiger partial charge in [-0.15, -0.1) is 0 Å². The van der Waals surface area contributed by atoms with E-state index in [1.165, 1.54) is 37.4 Å². The SMILES string of the molecule is CC(C)(F)c1ccnc(-n2c3nc(Nc4ccc5c(c4)CNCC5)ncc3c(=O)n2C2CC2)n1. The van der Waals surface area contributed by atoms with Crippen LogP contribution in [0.2, 0.25) is 0 Å². The standard InChI is InChI=1S/C24H25FN8O/c1-24(2,25)19-8-10-27-23(30-19)33-20-18(21(34)32(33)17-5-6-17)13-28-22(31-20)29-16-4-3-14-7-9-26-12-15(14)11-16/h3-4,8,10-11,13,17,26H,5-7,9,12H2,1-2H3,(H,28,29,31). The highest BCUT2D eigenvalue weighted by atomic mass is 19.1. The second kappa shape index (κ2) is 7.69. The summed E-state index contributed by atoms with van der Waals surface area (Å²) in [5.74, 6) is 0.576. The third-order valence-corrected chi connectivity index (χ3v) is 6.31. The van der Waals surface area contributed by atoms with Crippen molar-refractivity contribution in [1.29, 1.82) is 0 Å². The highest BCUT2D eigenvalue weighted by Crippen LogP contribution is 2.35. The molecule has 4 aromatic rings. The normalized spacial score (nSPS) is 16.0. The van der Waals surface area contributed by atoms with Gasteiger partial charge < -0.3 is 10.6 Å². The molecule has 1 aliphatic carbocycles. The van der Waals surface area contributed by atoms with E-state index in [-0.39, 0.29) is 23.2 Å². The topological polar surface area (TPSA) is 103 Å².